The Bertz CT molecular complexity index is 650. The summed E-state index contributed by atoms with van der Waals surface area (Å²) in [5, 5.41) is 17.0. The van der Waals surface area contributed by atoms with Gasteiger partial charge in [-0.3, -0.25) is 19.6 Å². The number of amides is 1. The maximum absolute atomic E-state index is 11.9. The number of carbonyl (C=O) groups is 1. The van der Waals surface area contributed by atoms with Crippen molar-refractivity contribution >= 4 is 23.1 Å². The van der Waals surface area contributed by atoms with Crippen LogP contribution < -0.4 is 11.1 Å². The van der Waals surface area contributed by atoms with Crippen LogP contribution in [0.5, 0.6) is 0 Å². The fraction of sp³-hybridized carbons (Fsp3) is 0.100. The van der Waals surface area contributed by atoms with Crippen LogP contribution in [-0.2, 0) is 7.05 Å². The van der Waals surface area contributed by atoms with Crippen molar-refractivity contribution in [2.24, 2.45) is 7.05 Å². The number of carbonyl (C=O) groups excluding carboxylic acids is 1. The fourth-order valence-corrected chi connectivity index (χ4v) is 1.43. The average molecular weight is 262 g/mol. The average Bonchev–Trinajstić information content (AvgIpc) is 2.74. The number of nitrogens with two attached hydrogens (primary N) is 1. The Balaban J connectivity index is 2.27. The molecule has 2 heterocycles. The minimum absolute atomic E-state index is 0.0574. The van der Waals surface area contributed by atoms with Crippen molar-refractivity contribution in [3.05, 3.63) is 40.3 Å². The maximum atomic E-state index is 11.9. The standard InChI is InChI=1S/C10H10N6O3/c1-15-5-6(3-13-15)14-10(17)8-2-7(16(18)19)4-12-9(8)11/h2-5H,1H3,(H2,11,12)(H,14,17). The van der Waals surface area contributed by atoms with Crippen molar-refractivity contribution in [2.45, 2.75) is 0 Å². The van der Waals surface area contributed by atoms with E-state index in [1.807, 2.05) is 0 Å². The van der Waals surface area contributed by atoms with Crippen LogP contribution in [0, 0.1) is 10.1 Å². The predicted octanol–water partition coefficient (Wildman–Crippen LogP) is 0.558. The number of nitrogen functional groups attached to an aromatic ring is 1. The van der Waals surface area contributed by atoms with E-state index in [1.54, 1.807) is 13.2 Å². The van der Waals surface area contributed by atoms with Crippen molar-refractivity contribution < 1.29 is 9.72 Å². The molecule has 9 nitrogen and oxygen atoms in total. The van der Waals surface area contributed by atoms with Crippen molar-refractivity contribution in [2.75, 3.05) is 11.1 Å². The van der Waals surface area contributed by atoms with Gasteiger partial charge in [-0.15, -0.1) is 0 Å². The molecular weight excluding hydrogens is 252 g/mol. The number of aryl methyl sites for hydroxylation is 1. The number of aromatic nitrogens is 3. The monoisotopic (exact) mass is 262 g/mol. The van der Waals surface area contributed by atoms with E-state index in [0.717, 1.165) is 12.3 Å². The van der Waals surface area contributed by atoms with Crippen LogP contribution in [0.4, 0.5) is 17.2 Å². The zero-order valence-electron chi connectivity index (χ0n) is 9.90. The van der Waals surface area contributed by atoms with Gasteiger partial charge in [0, 0.05) is 19.3 Å². The summed E-state index contributed by atoms with van der Waals surface area (Å²) in [6, 6.07) is 1.08. The van der Waals surface area contributed by atoms with E-state index in [9.17, 15) is 14.9 Å². The molecule has 0 aliphatic rings. The lowest BCUT2D eigenvalue weighted by Crippen LogP contribution is -2.15. The maximum Gasteiger partial charge on any atom is 0.288 e. The zero-order chi connectivity index (χ0) is 14.0. The van der Waals surface area contributed by atoms with E-state index >= 15 is 0 Å². The van der Waals surface area contributed by atoms with Crippen LogP contribution in [0.3, 0.4) is 0 Å². The molecule has 0 aliphatic heterocycles. The Morgan fingerprint density at radius 3 is 2.84 bits per heavy atom. The van der Waals surface area contributed by atoms with Gasteiger partial charge in [0.05, 0.1) is 22.4 Å². The van der Waals surface area contributed by atoms with E-state index in [2.05, 4.69) is 15.4 Å². The van der Waals surface area contributed by atoms with Crippen molar-refractivity contribution in [1.29, 1.82) is 0 Å². The third-order valence-corrected chi connectivity index (χ3v) is 2.32. The number of nitrogens with zero attached hydrogens (tertiary/aromatic N) is 4. The number of hydrogen-bond donors (Lipinski definition) is 2. The van der Waals surface area contributed by atoms with E-state index in [1.165, 1.54) is 10.9 Å². The lowest BCUT2D eigenvalue weighted by atomic mass is 10.2. The summed E-state index contributed by atoms with van der Waals surface area (Å²) in [5.41, 5.74) is 5.63. The molecule has 0 atom stereocenters. The first-order valence-corrected chi connectivity index (χ1v) is 5.17. The molecule has 9 heteroatoms. The van der Waals surface area contributed by atoms with Crippen molar-refractivity contribution in [3.8, 4) is 0 Å². The molecule has 0 bridgehead atoms. The summed E-state index contributed by atoms with van der Waals surface area (Å²) in [6.45, 7) is 0. The molecule has 0 saturated heterocycles. The number of hydrogen-bond acceptors (Lipinski definition) is 6. The highest BCUT2D eigenvalue weighted by Gasteiger charge is 2.17. The third kappa shape index (κ3) is 2.65. The van der Waals surface area contributed by atoms with Crippen molar-refractivity contribution in [3.63, 3.8) is 0 Å². The number of rotatable bonds is 3. The second kappa shape index (κ2) is 4.72. The predicted molar refractivity (Wildman–Crippen MR) is 66.5 cm³/mol. The Kier molecular flexibility index (Phi) is 3.10. The van der Waals surface area contributed by atoms with Crippen LogP contribution in [0.2, 0.25) is 0 Å². The van der Waals surface area contributed by atoms with Gasteiger partial charge in [0.1, 0.15) is 12.0 Å². The number of nitro groups is 1. The van der Waals surface area contributed by atoms with E-state index in [0.29, 0.717) is 5.69 Å². The van der Waals surface area contributed by atoms with Crippen LogP contribution >= 0.6 is 0 Å². The Morgan fingerprint density at radius 2 is 2.26 bits per heavy atom. The molecule has 0 aliphatic carbocycles. The van der Waals surface area contributed by atoms with Gasteiger partial charge in [-0.1, -0.05) is 0 Å². The summed E-state index contributed by atoms with van der Waals surface area (Å²) < 4.78 is 1.50. The van der Waals surface area contributed by atoms with Gasteiger partial charge in [0.25, 0.3) is 11.6 Å². The van der Waals surface area contributed by atoms with Crippen LogP contribution in [-0.4, -0.2) is 25.6 Å². The number of nitrogens with one attached hydrogen (secondary N) is 1. The first-order chi connectivity index (χ1) is 8.97. The molecule has 1 amide bonds. The summed E-state index contributed by atoms with van der Waals surface area (Å²) in [6.07, 6.45) is 4.02. The molecule has 2 aromatic heterocycles. The summed E-state index contributed by atoms with van der Waals surface area (Å²) in [4.78, 5) is 25.5. The summed E-state index contributed by atoms with van der Waals surface area (Å²) in [5.74, 6) is -0.659. The molecule has 0 aromatic carbocycles. The van der Waals surface area contributed by atoms with Gasteiger partial charge >= 0.3 is 0 Å². The van der Waals surface area contributed by atoms with E-state index in [-0.39, 0.29) is 17.1 Å². The van der Waals surface area contributed by atoms with Crippen LogP contribution in [0.15, 0.2) is 24.7 Å². The Labute approximate surface area is 107 Å². The second-order valence-corrected chi connectivity index (χ2v) is 3.74. The molecule has 2 rings (SSSR count). The Morgan fingerprint density at radius 1 is 1.53 bits per heavy atom. The molecule has 2 aromatic rings. The topological polar surface area (TPSA) is 129 Å². The molecule has 19 heavy (non-hydrogen) atoms. The fourth-order valence-electron chi connectivity index (χ4n) is 1.43. The van der Waals surface area contributed by atoms with Gasteiger partial charge in [0.15, 0.2) is 0 Å². The minimum atomic E-state index is -0.646. The number of anilines is 2. The zero-order valence-corrected chi connectivity index (χ0v) is 9.90. The SMILES string of the molecule is Cn1cc(NC(=O)c2cc([N+](=O)[O-])cnc2N)cn1. The first kappa shape index (κ1) is 12.5. The molecule has 0 saturated carbocycles. The molecule has 0 radical (unpaired) electrons. The van der Waals surface area contributed by atoms with E-state index in [4.69, 9.17) is 5.73 Å². The lowest BCUT2D eigenvalue weighted by molar-refractivity contribution is -0.385. The highest BCUT2D eigenvalue weighted by Crippen LogP contribution is 2.18. The van der Waals surface area contributed by atoms with Crippen LogP contribution in [0.1, 0.15) is 10.4 Å². The molecule has 0 unspecified atom stereocenters. The second-order valence-electron chi connectivity index (χ2n) is 3.74. The lowest BCUT2D eigenvalue weighted by Gasteiger charge is -2.04. The van der Waals surface area contributed by atoms with Gasteiger partial charge in [0.2, 0.25) is 0 Å². The third-order valence-electron chi connectivity index (χ3n) is 2.32. The largest absolute Gasteiger partial charge is 0.383 e. The van der Waals surface area contributed by atoms with Crippen molar-refractivity contribution in [1.82, 2.24) is 14.8 Å². The number of pyridine rings is 1. The van der Waals surface area contributed by atoms with E-state index < -0.39 is 10.8 Å². The van der Waals surface area contributed by atoms with Gasteiger partial charge in [-0.25, -0.2) is 4.98 Å². The van der Waals surface area contributed by atoms with Gasteiger partial charge in [-0.05, 0) is 0 Å². The first-order valence-electron chi connectivity index (χ1n) is 5.17. The van der Waals surface area contributed by atoms with Gasteiger partial charge < -0.3 is 11.1 Å². The highest BCUT2D eigenvalue weighted by atomic mass is 16.6. The Hall–Kier alpha value is -2.97. The quantitative estimate of drug-likeness (QED) is 0.614. The molecule has 0 fully saturated rings. The molecule has 0 spiro atoms. The highest BCUT2D eigenvalue weighted by molar-refractivity contribution is 6.07. The normalized spacial score (nSPS) is 10.2. The van der Waals surface area contributed by atoms with Gasteiger partial charge in [-0.2, -0.15) is 5.10 Å². The smallest absolute Gasteiger partial charge is 0.288 e. The summed E-state index contributed by atoms with van der Waals surface area (Å²) >= 11 is 0. The molecule has 3 N–H and O–H groups in total. The summed E-state index contributed by atoms with van der Waals surface area (Å²) in [7, 11) is 1.69. The van der Waals surface area contributed by atoms with Crippen LogP contribution in [0.25, 0.3) is 0 Å². The molecular formula is C10H10N6O3. The minimum Gasteiger partial charge on any atom is -0.383 e. The molecule has 98 valence electrons.